The van der Waals surface area contributed by atoms with Gasteiger partial charge in [-0.3, -0.25) is 14.3 Å². The quantitative estimate of drug-likeness (QED) is 0.677. The van der Waals surface area contributed by atoms with Crippen molar-refractivity contribution in [2.45, 2.75) is 0 Å². The van der Waals surface area contributed by atoms with E-state index >= 15 is 0 Å². The second-order valence-electron chi connectivity index (χ2n) is 4.11. The lowest BCUT2D eigenvalue weighted by molar-refractivity contribution is 0.628. The smallest absolute Gasteiger partial charge is 0.329 e. The minimum atomic E-state index is -0.533. The first-order chi connectivity index (χ1) is 9.06. The van der Waals surface area contributed by atoms with Gasteiger partial charge < -0.3 is 4.98 Å². The van der Waals surface area contributed by atoms with Crippen molar-refractivity contribution in [1.29, 1.82) is 0 Å². The summed E-state index contributed by atoms with van der Waals surface area (Å²) >= 11 is 0. The summed E-state index contributed by atoms with van der Waals surface area (Å²) in [7, 11) is 1.51. The van der Waals surface area contributed by atoms with Crippen LogP contribution in [-0.2, 0) is 7.05 Å². The van der Waals surface area contributed by atoms with Gasteiger partial charge in [-0.15, -0.1) is 0 Å². The third-order valence-corrected chi connectivity index (χ3v) is 2.87. The van der Waals surface area contributed by atoms with Crippen molar-refractivity contribution in [3.63, 3.8) is 0 Å². The summed E-state index contributed by atoms with van der Waals surface area (Å²) in [6.45, 7) is 0. The summed E-state index contributed by atoms with van der Waals surface area (Å²) in [6, 6.07) is 5.68. The summed E-state index contributed by atoms with van der Waals surface area (Å²) in [5, 5.41) is 0. The number of hydrogen-bond donors (Lipinski definition) is 2. The normalized spacial score (nSPS) is 11.1. The number of hydrogen-bond acceptors (Lipinski definition) is 3. The van der Waals surface area contributed by atoms with Gasteiger partial charge in [-0.05, 0) is 24.3 Å². The predicted molar refractivity (Wildman–Crippen MR) is 67.3 cm³/mol. The van der Waals surface area contributed by atoms with Gasteiger partial charge in [0.05, 0.1) is 0 Å². The van der Waals surface area contributed by atoms with Gasteiger partial charge in [-0.25, -0.2) is 14.2 Å². The number of imidazole rings is 1. The van der Waals surface area contributed by atoms with E-state index in [1.165, 1.54) is 23.7 Å². The summed E-state index contributed by atoms with van der Waals surface area (Å²) < 4.78 is 14.1. The third-order valence-electron chi connectivity index (χ3n) is 2.87. The molecule has 3 rings (SSSR count). The van der Waals surface area contributed by atoms with E-state index in [0.717, 1.165) is 0 Å². The number of rotatable bonds is 1. The average molecular weight is 260 g/mol. The van der Waals surface area contributed by atoms with Crippen molar-refractivity contribution in [2.75, 3.05) is 0 Å². The van der Waals surface area contributed by atoms with Gasteiger partial charge in [0.1, 0.15) is 17.2 Å². The maximum Gasteiger partial charge on any atom is 0.329 e. The SMILES string of the molecule is Cn1c(=O)[nH]c(=O)c2[nH]c(-c3ccc(F)cc3)nc21. The van der Waals surface area contributed by atoms with E-state index in [0.29, 0.717) is 11.4 Å². The summed E-state index contributed by atoms with van der Waals surface area (Å²) in [5.74, 6) is 0.0480. The van der Waals surface area contributed by atoms with E-state index in [1.54, 1.807) is 12.1 Å². The van der Waals surface area contributed by atoms with Crippen molar-refractivity contribution in [1.82, 2.24) is 19.5 Å². The van der Waals surface area contributed by atoms with Crippen LogP contribution in [0.2, 0.25) is 0 Å². The maximum atomic E-state index is 12.9. The summed E-state index contributed by atoms with van der Waals surface area (Å²) in [6.07, 6.45) is 0. The van der Waals surface area contributed by atoms with Gasteiger partial charge in [0.25, 0.3) is 5.56 Å². The molecule has 0 atom stereocenters. The number of fused-ring (bicyclic) bond motifs is 1. The van der Waals surface area contributed by atoms with Crippen LogP contribution in [0, 0.1) is 5.82 Å². The molecule has 0 aliphatic carbocycles. The zero-order valence-electron chi connectivity index (χ0n) is 9.90. The van der Waals surface area contributed by atoms with Gasteiger partial charge in [0.15, 0.2) is 5.65 Å². The van der Waals surface area contributed by atoms with E-state index in [2.05, 4.69) is 15.0 Å². The van der Waals surface area contributed by atoms with Crippen LogP contribution < -0.4 is 11.2 Å². The first-order valence-electron chi connectivity index (χ1n) is 5.51. The largest absolute Gasteiger partial charge is 0.332 e. The van der Waals surface area contributed by atoms with Crippen molar-refractivity contribution >= 4 is 11.2 Å². The van der Waals surface area contributed by atoms with Gasteiger partial charge >= 0.3 is 5.69 Å². The van der Waals surface area contributed by atoms with Gasteiger partial charge in [-0.2, -0.15) is 0 Å². The van der Waals surface area contributed by atoms with E-state index < -0.39 is 11.2 Å². The van der Waals surface area contributed by atoms with Crippen LogP contribution in [0.5, 0.6) is 0 Å². The standard InChI is InChI=1S/C12H9FN4O2/c1-17-10-8(11(18)16-12(17)19)14-9(15-10)6-2-4-7(13)5-3-6/h2-5H,1H3,(H,14,15)(H,16,18,19). The highest BCUT2D eigenvalue weighted by atomic mass is 19.1. The molecule has 2 aromatic heterocycles. The van der Waals surface area contributed by atoms with E-state index in [4.69, 9.17) is 0 Å². The first-order valence-corrected chi connectivity index (χ1v) is 5.51. The molecule has 0 aliphatic rings. The van der Waals surface area contributed by atoms with E-state index in [-0.39, 0.29) is 17.0 Å². The monoisotopic (exact) mass is 260 g/mol. The molecule has 3 aromatic rings. The van der Waals surface area contributed by atoms with Crippen LogP contribution in [0.1, 0.15) is 0 Å². The number of halogens is 1. The molecule has 1 aromatic carbocycles. The van der Waals surface area contributed by atoms with Gasteiger partial charge in [-0.1, -0.05) is 0 Å². The molecule has 7 heteroatoms. The molecule has 0 bridgehead atoms. The third kappa shape index (κ3) is 1.75. The minimum absolute atomic E-state index is 0.210. The molecule has 0 radical (unpaired) electrons. The lowest BCUT2D eigenvalue weighted by Crippen LogP contribution is -2.28. The number of aromatic nitrogens is 4. The number of nitrogens with zero attached hydrogens (tertiary/aromatic N) is 2. The van der Waals surface area contributed by atoms with Crippen LogP contribution >= 0.6 is 0 Å². The Morgan fingerprint density at radius 1 is 1.16 bits per heavy atom. The average Bonchev–Trinajstić information content (AvgIpc) is 2.83. The number of aromatic amines is 2. The zero-order valence-corrected chi connectivity index (χ0v) is 9.90. The fourth-order valence-corrected chi connectivity index (χ4v) is 1.85. The second-order valence-corrected chi connectivity index (χ2v) is 4.11. The van der Waals surface area contributed by atoms with E-state index in [1.807, 2.05) is 0 Å². The lowest BCUT2D eigenvalue weighted by Gasteiger charge is -1.95. The molecule has 0 saturated heterocycles. The number of benzene rings is 1. The predicted octanol–water partition coefficient (Wildman–Crippen LogP) is 0.756. The van der Waals surface area contributed by atoms with Crippen molar-refractivity contribution in [3.05, 3.63) is 50.9 Å². The molecule has 96 valence electrons. The molecule has 2 N–H and O–H groups in total. The Kier molecular flexibility index (Phi) is 2.34. The lowest BCUT2D eigenvalue weighted by atomic mass is 10.2. The highest BCUT2D eigenvalue weighted by molar-refractivity contribution is 5.75. The zero-order chi connectivity index (χ0) is 13.6. The Bertz CT molecular complexity index is 873. The number of nitrogens with one attached hydrogen (secondary N) is 2. The molecule has 0 aliphatic heterocycles. The Balaban J connectivity index is 2.30. The molecular weight excluding hydrogens is 251 g/mol. The highest BCUT2D eigenvalue weighted by Gasteiger charge is 2.11. The Labute approximate surface area is 105 Å². The van der Waals surface area contributed by atoms with E-state index in [9.17, 15) is 14.0 Å². The van der Waals surface area contributed by atoms with Gasteiger partial charge in [0, 0.05) is 12.6 Å². The Hall–Kier alpha value is -2.70. The Morgan fingerprint density at radius 3 is 2.53 bits per heavy atom. The van der Waals surface area contributed by atoms with Gasteiger partial charge in [0.2, 0.25) is 0 Å². The fourth-order valence-electron chi connectivity index (χ4n) is 1.85. The van der Waals surface area contributed by atoms with Crippen LogP contribution in [0.15, 0.2) is 33.9 Å². The molecule has 0 saturated carbocycles. The molecule has 0 unspecified atom stereocenters. The molecule has 6 nitrogen and oxygen atoms in total. The highest BCUT2D eigenvalue weighted by Crippen LogP contribution is 2.17. The molecular formula is C12H9FN4O2. The molecule has 0 fully saturated rings. The first kappa shape index (κ1) is 11.4. The molecule has 19 heavy (non-hydrogen) atoms. The fraction of sp³-hybridized carbons (Fsp3) is 0.0833. The minimum Gasteiger partial charge on any atom is -0.332 e. The number of aryl methyl sites for hydroxylation is 1. The maximum absolute atomic E-state index is 12.9. The number of H-pyrrole nitrogens is 2. The Morgan fingerprint density at radius 2 is 1.84 bits per heavy atom. The van der Waals surface area contributed by atoms with Crippen molar-refractivity contribution in [3.8, 4) is 11.4 Å². The topological polar surface area (TPSA) is 83.5 Å². The van der Waals surface area contributed by atoms with Crippen LogP contribution in [-0.4, -0.2) is 19.5 Å². The molecule has 2 heterocycles. The summed E-state index contributed by atoms with van der Waals surface area (Å²) in [5.41, 5.74) is 0.0348. The van der Waals surface area contributed by atoms with Crippen molar-refractivity contribution in [2.24, 2.45) is 7.05 Å². The second kappa shape index (κ2) is 3.91. The van der Waals surface area contributed by atoms with Crippen molar-refractivity contribution < 1.29 is 4.39 Å². The molecule has 0 amide bonds. The van der Waals surface area contributed by atoms with Crippen LogP contribution in [0.3, 0.4) is 0 Å². The van der Waals surface area contributed by atoms with Crippen LogP contribution in [0.4, 0.5) is 4.39 Å². The molecule has 0 spiro atoms. The van der Waals surface area contributed by atoms with Crippen LogP contribution in [0.25, 0.3) is 22.6 Å². The summed E-state index contributed by atoms with van der Waals surface area (Å²) in [4.78, 5) is 32.3.